The van der Waals surface area contributed by atoms with E-state index in [1.54, 1.807) is 0 Å². The molecular weight excluding hydrogens is 1830 g/mol. The zero-order valence-corrected chi connectivity index (χ0v) is 97.4. The van der Waals surface area contributed by atoms with Gasteiger partial charge in [0, 0.05) is 78.7 Å². The van der Waals surface area contributed by atoms with Crippen molar-refractivity contribution >= 4 is 99.6 Å². The van der Waals surface area contributed by atoms with Crippen LogP contribution >= 0.6 is 99.6 Å². The van der Waals surface area contributed by atoms with E-state index in [0.29, 0.717) is 43.2 Å². The maximum atomic E-state index is 5.86. The molecule has 0 spiro atoms. The van der Waals surface area contributed by atoms with Gasteiger partial charge in [-0.25, -0.2) is 0 Å². The van der Waals surface area contributed by atoms with E-state index in [-0.39, 0.29) is 48.8 Å². The standard InChI is InChI=1S/C23H41O2P3.2C23H39OP.2C22H39O2P3/c1-4-6-8-15-19-22(24-26)23(25-28-27)20-16-12-10-9-11-14-18-21(3)17-13-7-5-2;1-4-6-8-9-10-11-12-13-14-15-16-17-19-21-23(24-25)22(3)20-18-7-5-2;1-4-6-8-10-12-13-14-15-16-18-20-22(3)23(24-25)21-19-17-11-9-7-5-2;1-3-4-5-6-7-8-9-10-11-12-16-19-22(23-25)20-17-14-13-15-18-21(2)24-27-26;1-3-5-7-9-10-15-19-22(24-27-26)20-16-12-11-14-18-21(23-25)17-13-8-6-4-2/h7,9-14,16,18,20-23,28H,4-6,8,15,17,19,26-27H2,1-3H3;7,11-12,14-19,21-23H,4-6,8-10,13,20,25H2,1-3H3;7,9,13-20,22-23H,4-6,8,10-12,21,25H2,1-3H3;8-9,11-12,14-19,21-22,27H,3-7,10,13,20,25-26H2,1-2H3;5,7,10-12,14-16,18,20-22,27H,3-4,6,8-9,13,17,19,25-26H2,1-2H3/b11-9-,12-10+,13-7-,18-14+,20-16+;12-11-,15-14-,17-16+,18-7-,21-19+;9-7-,14-13-,16-15+,19-17-,20-18+;9-8-,12-11-,17-14-,18-15-,19-16+;7-5-,12-11+,15-10-,18-14+,20-16-. The summed E-state index contributed by atoms with van der Waals surface area (Å²) in [7, 11) is 21.1. The fraction of sp³-hybridized carbons (Fsp3) is 0.558. The van der Waals surface area contributed by atoms with Gasteiger partial charge in [-0.15, -0.1) is 0 Å². The molecule has 752 valence electrons. The van der Waals surface area contributed by atoms with Gasteiger partial charge in [0.15, 0.2) is 0 Å². The highest BCUT2D eigenvalue weighted by Crippen LogP contribution is 2.30. The van der Waals surface area contributed by atoms with Crippen molar-refractivity contribution in [3.63, 3.8) is 0 Å². The molecule has 19 heteroatoms. The molecule has 0 saturated heterocycles. The van der Waals surface area contributed by atoms with E-state index in [4.69, 9.17) is 36.2 Å². The average molecular weight is 2020 g/mol. The summed E-state index contributed by atoms with van der Waals surface area (Å²) in [6.45, 7) is 28.6. The monoisotopic (exact) mass is 2020 g/mol. The summed E-state index contributed by atoms with van der Waals surface area (Å²) in [4.78, 5) is 0. The Balaban J connectivity index is -0.000000509. The SMILES string of the molecule is CC/C=C\C/C=C\CC(OP)C(C)/C=C/C=C/C=C\CCCCCC.CC/C=C\C/C=C\CC(\C=C/C=C/C=C/C(CCCCCC)OP)OPP.CC/C=C\CC(C)/C=C/C=C\C=C\C=C\C(OPP)C(CCCCCC)OP.CC/C=C\CC(C)C(/C=C/C=C/C=C\C/C=C\CCCCCC)OP.CCCCCC/C=C\C/C=C\C=C\C(C/C=C\C/C=C\C(C)OPP)OP. The van der Waals surface area contributed by atoms with Crippen molar-refractivity contribution in [2.45, 2.75) is 389 Å². The smallest absolute Gasteiger partial charge is 0.107 e. The molecule has 0 aliphatic carbocycles. The van der Waals surface area contributed by atoms with Crippen LogP contribution in [-0.4, -0.2) is 48.8 Å². The molecule has 0 N–H and O–H groups in total. The second-order valence-electron chi connectivity index (χ2n) is 32.3. The normalized spacial score (nSPS) is 15.9. The van der Waals surface area contributed by atoms with Crippen LogP contribution in [0.4, 0.5) is 0 Å². The van der Waals surface area contributed by atoms with Crippen molar-refractivity contribution in [3.05, 3.63) is 304 Å². The Bertz CT molecular complexity index is 3200. The molecule has 0 saturated carbocycles. The summed E-state index contributed by atoms with van der Waals surface area (Å²) >= 11 is 0. The molecule has 22 atom stereocenters. The van der Waals surface area contributed by atoms with Crippen molar-refractivity contribution in [2.24, 2.45) is 17.8 Å². The van der Waals surface area contributed by atoms with Crippen molar-refractivity contribution in [1.29, 1.82) is 0 Å². The van der Waals surface area contributed by atoms with Crippen molar-refractivity contribution < 1.29 is 36.2 Å². The lowest BCUT2D eigenvalue weighted by Gasteiger charge is -2.22. The molecule has 0 aromatic heterocycles. The largest absolute Gasteiger partial charge is 0.362 e. The van der Waals surface area contributed by atoms with Crippen LogP contribution in [0.2, 0.25) is 0 Å². The Labute approximate surface area is 840 Å². The third-order valence-electron chi connectivity index (χ3n) is 20.2. The lowest BCUT2D eigenvalue weighted by Crippen LogP contribution is -2.25. The van der Waals surface area contributed by atoms with Crippen molar-refractivity contribution in [1.82, 2.24) is 0 Å². The molecule has 132 heavy (non-hydrogen) atoms. The summed E-state index contributed by atoms with van der Waals surface area (Å²) in [6, 6.07) is 0. The quantitative estimate of drug-likeness (QED) is 0.0258. The summed E-state index contributed by atoms with van der Waals surface area (Å²) in [6.07, 6.45) is 154. The minimum atomic E-state index is -0.0134. The Morgan fingerprint density at radius 2 is 0.591 bits per heavy atom. The minimum absolute atomic E-state index is 0.0134. The first-order valence-corrected chi connectivity index (χ1v) is 60.9. The van der Waals surface area contributed by atoms with Crippen LogP contribution < -0.4 is 0 Å². The molecule has 0 aromatic rings. The summed E-state index contributed by atoms with van der Waals surface area (Å²) in [5, 5.41) is 0. The van der Waals surface area contributed by atoms with Crippen LogP contribution in [0.5, 0.6) is 0 Å². The highest BCUT2D eigenvalue weighted by Gasteiger charge is 2.19. The molecule has 0 aromatic carbocycles. The van der Waals surface area contributed by atoms with E-state index >= 15 is 0 Å². The summed E-state index contributed by atoms with van der Waals surface area (Å²) in [5.41, 5.74) is 0. The molecule has 0 radical (unpaired) electrons. The number of hydrogen-bond acceptors (Lipinski definition) is 8. The number of hydrogen-bond donors (Lipinski definition) is 0. The highest BCUT2D eigenvalue weighted by molar-refractivity contribution is 8.00. The summed E-state index contributed by atoms with van der Waals surface area (Å²) in [5.74, 6) is 1.43. The van der Waals surface area contributed by atoms with E-state index in [1.807, 2.05) is 30.4 Å². The van der Waals surface area contributed by atoms with E-state index in [2.05, 4.69) is 438 Å². The van der Waals surface area contributed by atoms with Gasteiger partial charge in [0.05, 0.1) is 42.7 Å². The van der Waals surface area contributed by atoms with Gasteiger partial charge in [-0.05, 0) is 160 Å². The van der Waals surface area contributed by atoms with Crippen LogP contribution in [0.1, 0.15) is 340 Å². The lowest BCUT2D eigenvalue weighted by atomic mass is 10.00. The Hall–Kier alpha value is -2.09. The van der Waals surface area contributed by atoms with Gasteiger partial charge in [-0.1, -0.05) is 523 Å². The van der Waals surface area contributed by atoms with Crippen LogP contribution in [0.15, 0.2) is 304 Å². The third-order valence-corrected chi connectivity index (χ3v) is 24.5. The van der Waals surface area contributed by atoms with Gasteiger partial charge in [0.25, 0.3) is 0 Å². The number of unbranched alkanes of at least 4 members (excludes halogenated alkanes) is 18. The molecule has 0 heterocycles. The third kappa shape index (κ3) is 112. The first-order valence-electron chi connectivity index (χ1n) is 50.4. The van der Waals surface area contributed by atoms with Crippen LogP contribution in [-0.2, 0) is 36.2 Å². The van der Waals surface area contributed by atoms with Crippen molar-refractivity contribution in [3.8, 4) is 0 Å². The number of rotatable bonds is 81. The first kappa shape index (κ1) is 138. The van der Waals surface area contributed by atoms with E-state index < -0.39 is 0 Å². The zero-order chi connectivity index (χ0) is 98.1. The zero-order valence-electron chi connectivity index (χ0n) is 85.2. The topological polar surface area (TPSA) is 73.8 Å². The van der Waals surface area contributed by atoms with Gasteiger partial charge in [0.1, 0.15) is 6.10 Å². The summed E-state index contributed by atoms with van der Waals surface area (Å²) < 4.78 is 44.5. The van der Waals surface area contributed by atoms with Crippen LogP contribution in [0, 0.1) is 17.8 Å². The fourth-order valence-corrected chi connectivity index (χ4v) is 16.3. The molecule has 0 rings (SSSR count). The lowest BCUT2D eigenvalue weighted by molar-refractivity contribution is 0.104. The maximum absolute atomic E-state index is 5.86. The van der Waals surface area contributed by atoms with Gasteiger partial charge < -0.3 is 36.2 Å². The second kappa shape index (κ2) is 123. The Kier molecular flexibility index (Phi) is 129. The number of allylic oxidation sites excluding steroid dienone is 40. The van der Waals surface area contributed by atoms with Gasteiger partial charge >= 0.3 is 0 Å². The predicted octanol–water partition coefficient (Wildman–Crippen LogP) is 39.3. The molecule has 0 aliphatic rings. The van der Waals surface area contributed by atoms with Gasteiger partial charge in [-0.2, -0.15) is 0 Å². The molecule has 0 amide bonds. The predicted molar refractivity (Wildman–Crippen MR) is 634 cm³/mol. The van der Waals surface area contributed by atoms with E-state index in [0.717, 1.165) is 103 Å². The molecular formula is C113H197O8P11. The van der Waals surface area contributed by atoms with Crippen molar-refractivity contribution in [2.75, 3.05) is 0 Å². The molecule has 8 nitrogen and oxygen atoms in total. The van der Waals surface area contributed by atoms with E-state index in [9.17, 15) is 0 Å². The van der Waals surface area contributed by atoms with Crippen LogP contribution in [0.25, 0.3) is 0 Å². The van der Waals surface area contributed by atoms with Crippen LogP contribution in [0.3, 0.4) is 0 Å². The maximum Gasteiger partial charge on any atom is 0.107 e. The fourth-order valence-electron chi connectivity index (χ4n) is 12.2. The molecule has 0 fully saturated rings. The molecule has 0 bridgehead atoms. The Morgan fingerprint density at radius 1 is 0.235 bits per heavy atom. The molecule has 0 aliphatic heterocycles. The van der Waals surface area contributed by atoms with Gasteiger partial charge in [-0.3, -0.25) is 0 Å². The Morgan fingerprint density at radius 3 is 1.08 bits per heavy atom. The van der Waals surface area contributed by atoms with Gasteiger partial charge in [0.2, 0.25) is 0 Å². The first-order chi connectivity index (χ1) is 64.7. The average Bonchev–Trinajstić information content (AvgIpc) is 0.931. The highest BCUT2D eigenvalue weighted by atomic mass is 32.0. The van der Waals surface area contributed by atoms with E-state index in [1.165, 1.54) is 148 Å². The minimum Gasteiger partial charge on any atom is -0.362 e. The second-order valence-corrected chi connectivity index (χ2v) is 37.2. The molecule has 22 unspecified atom stereocenters.